The van der Waals surface area contributed by atoms with E-state index in [1.807, 2.05) is 47.7 Å². The Balaban J connectivity index is 2.03. The highest BCUT2D eigenvalue weighted by atomic mass is 15.2. The molecule has 0 unspecified atom stereocenters. The van der Waals surface area contributed by atoms with Crippen molar-refractivity contribution in [1.29, 1.82) is 5.41 Å². The molecule has 3 heterocycles. The Hall–Kier alpha value is -3.41. The summed E-state index contributed by atoms with van der Waals surface area (Å²) < 4.78 is 4.20. The Bertz CT molecular complexity index is 1100. The topological polar surface area (TPSA) is 85.0 Å². The summed E-state index contributed by atoms with van der Waals surface area (Å²) in [6.45, 7) is 2.63. The standard InChI is InChI=1S/C19H18N6/c1-13-22-23-19-8-7-16-18(25(13)19)9-17(15(10-20)11-21)24(16)12-14-5-3-2-4-6-14/h2-11,20H,12,21H2,1H3/b15-11+,20-10?. The lowest BCUT2D eigenvalue weighted by molar-refractivity contribution is 0.825. The molecule has 1 aromatic carbocycles. The molecule has 25 heavy (non-hydrogen) atoms. The fourth-order valence-corrected chi connectivity index (χ4v) is 3.22. The highest BCUT2D eigenvalue weighted by Crippen LogP contribution is 2.27. The molecule has 6 nitrogen and oxygen atoms in total. The van der Waals surface area contributed by atoms with E-state index in [-0.39, 0.29) is 0 Å². The average Bonchev–Trinajstić information content (AvgIpc) is 3.19. The van der Waals surface area contributed by atoms with Crippen LogP contribution in [0.2, 0.25) is 0 Å². The van der Waals surface area contributed by atoms with Gasteiger partial charge in [0.2, 0.25) is 0 Å². The molecule has 0 aliphatic rings. The van der Waals surface area contributed by atoms with Gasteiger partial charge in [0.15, 0.2) is 5.65 Å². The lowest BCUT2D eigenvalue weighted by Gasteiger charge is -2.11. The first kappa shape index (κ1) is 15.1. The van der Waals surface area contributed by atoms with Crippen molar-refractivity contribution in [3.63, 3.8) is 0 Å². The van der Waals surface area contributed by atoms with Crippen LogP contribution in [0.15, 0.2) is 54.7 Å². The molecule has 0 saturated heterocycles. The molecule has 0 aliphatic heterocycles. The second-order valence-corrected chi connectivity index (χ2v) is 5.91. The molecule has 0 radical (unpaired) electrons. The summed E-state index contributed by atoms with van der Waals surface area (Å²) in [6.07, 6.45) is 2.75. The van der Waals surface area contributed by atoms with Crippen LogP contribution in [-0.2, 0) is 6.54 Å². The van der Waals surface area contributed by atoms with Crippen molar-refractivity contribution >= 4 is 28.5 Å². The van der Waals surface area contributed by atoms with Gasteiger partial charge in [-0.1, -0.05) is 30.3 Å². The van der Waals surface area contributed by atoms with Crippen molar-refractivity contribution in [2.24, 2.45) is 5.73 Å². The monoisotopic (exact) mass is 330 g/mol. The zero-order valence-electron chi connectivity index (χ0n) is 13.8. The first-order valence-electron chi connectivity index (χ1n) is 8.03. The normalized spacial score (nSPS) is 12.1. The molecule has 4 aromatic rings. The number of fused-ring (bicyclic) bond motifs is 3. The van der Waals surface area contributed by atoms with Crippen LogP contribution in [0.25, 0.3) is 22.3 Å². The summed E-state index contributed by atoms with van der Waals surface area (Å²) in [5, 5.41) is 16.1. The second-order valence-electron chi connectivity index (χ2n) is 5.91. The summed E-state index contributed by atoms with van der Waals surface area (Å²) in [5.41, 5.74) is 11.4. The molecule has 0 aliphatic carbocycles. The highest BCUT2D eigenvalue weighted by Gasteiger charge is 2.15. The van der Waals surface area contributed by atoms with Crippen LogP contribution in [-0.4, -0.2) is 25.4 Å². The smallest absolute Gasteiger partial charge is 0.161 e. The maximum absolute atomic E-state index is 7.70. The molecular weight excluding hydrogens is 312 g/mol. The van der Waals surface area contributed by atoms with Gasteiger partial charge in [0.05, 0.1) is 16.7 Å². The van der Waals surface area contributed by atoms with E-state index in [0.29, 0.717) is 12.1 Å². The third kappa shape index (κ3) is 2.39. The maximum Gasteiger partial charge on any atom is 0.161 e. The number of hydrogen-bond acceptors (Lipinski definition) is 4. The molecule has 3 N–H and O–H groups in total. The van der Waals surface area contributed by atoms with Gasteiger partial charge in [0.25, 0.3) is 0 Å². The van der Waals surface area contributed by atoms with E-state index in [1.165, 1.54) is 18.0 Å². The van der Waals surface area contributed by atoms with Crippen LogP contribution in [0.1, 0.15) is 17.1 Å². The van der Waals surface area contributed by atoms with E-state index in [9.17, 15) is 0 Å². The van der Waals surface area contributed by atoms with Gasteiger partial charge in [-0.25, -0.2) is 0 Å². The molecule has 124 valence electrons. The highest BCUT2D eigenvalue weighted by molar-refractivity contribution is 6.09. The molecule has 0 fully saturated rings. The van der Waals surface area contributed by atoms with Gasteiger partial charge in [0, 0.05) is 24.5 Å². The lowest BCUT2D eigenvalue weighted by Crippen LogP contribution is -2.05. The molecule has 0 spiro atoms. The van der Waals surface area contributed by atoms with E-state index >= 15 is 0 Å². The second kappa shape index (κ2) is 5.90. The van der Waals surface area contributed by atoms with Gasteiger partial charge in [-0.15, -0.1) is 10.2 Å². The van der Waals surface area contributed by atoms with Gasteiger partial charge in [0.1, 0.15) is 5.82 Å². The van der Waals surface area contributed by atoms with E-state index in [0.717, 1.165) is 28.2 Å². The van der Waals surface area contributed by atoms with Gasteiger partial charge < -0.3 is 15.7 Å². The summed E-state index contributed by atoms with van der Waals surface area (Å²) in [6, 6.07) is 16.3. The summed E-state index contributed by atoms with van der Waals surface area (Å²) in [5.74, 6) is 0.831. The van der Waals surface area contributed by atoms with Gasteiger partial charge in [-0.3, -0.25) is 4.40 Å². The number of aryl methyl sites for hydroxylation is 1. The van der Waals surface area contributed by atoms with Crippen molar-refractivity contribution in [1.82, 2.24) is 19.2 Å². The Morgan fingerprint density at radius 3 is 2.64 bits per heavy atom. The van der Waals surface area contributed by atoms with Crippen LogP contribution in [0.4, 0.5) is 0 Å². The fraction of sp³-hybridized carbons (Fsp3) is 0.105. The molecule has 0 amide bonds. The number of aromatic nitrogens is 4. The van der Waals surface area contributed by atoms with Gasteiger partial charge >= 0.3 is 0 Å². The third-order valence-electron chi connectivity index (χ3n) is 4.41. The van der Waals surface area contributed by atoms with E-state index in [4.69, 9.17) is 11.1 Å². The van der Waals surface area contributed by atoms with Crippen LogP contribution in [0.5, 0.6) is 0 Å². The van der Waals surface area contributed by atoms with Crippen molar-refractivity contribution in [3.8, 4) is 0 Å². The SMILES string of the molecule is Cc1nnc2ccc3c(cc(/C(C=N)=C/N)n3Cc3ccccc3)n12. The lowest BCUT2D eigenvalue weighted by atomic mass is 10.2. The molecule has 3 aromatic heterocycles. The third-order valence-corrected chi connectivity index (χ3v) is 4.41. The number of nitrogens with two attached hydrogens (primary N) is 1. The summed E-state index contributed by atoms with van der Waals surface area (Å²) >= 11 is 0. The minimum Gasteiger partial charge on any atom is -0.404 e. The van der Waals surface area contributed by atoms with Crippen LogP contribution in [0.3, 0.4) is 0 Å². The first-order valence-corrected chi connectivity index (χ1v) is 8.03. The summed E-state index contributed by atoms with van der Waals surface area (Å²) in [7, 11) is 0. The molecule has 0 bridgehead atoms. The van der Waals surface area contributed by atoms with Crippen LogP contribution in [0, 0.1) is 12.3 Å². The first-order chi connectivity index (χ1) is 12.2. The van der Waals surface area contributed by atoms with Gasteiger partial charge in [-0.2, -0.15) is 0 Å². The van der Waals surface area contributed by atoms with Crippen molar-refractivity contribution in [2.75, 3.05) is 0 Å². The average molecular weight is 330 g/mol. The largest absolute Gasteiger partial charge is 0.404 e. The van der Waals surface area contributed by atoms with Gasteiger partial charge in [-0.05, 0) is 30.7 Å². The molecule has 6 heteroatoms. The van der Waals surface area contributed by atoms with E-state index in [2.05, 4.69) is 26.9 Å². The number of nitrogens with one attached hydrogen (secondary N) is 1. The fourth-order valence-electron chi connectivity index (χ4n) is 3.22. The predicted molar refractivity (Wildman–Crippen MR) is 99.7 cm³/mol. The Labute approximate surface area is 144 Å². The van der Waals surface area contributed by atoms with Crippen molar-refractivity contribution in [2.45, 2.75) is 13.5 Å². The molecular formula is C19H18N6. The number of nitrogens with zero attached hydrogens (tertiary/aromatic N) is 4. The Kier molecular flexibility index (Phi) is 3.57. The van der Waals surface area contributed by atoms with Crippen LogP contribution < -0.4 is 5.73 Å². The van der Waals surface area contributed by atoms with Crippen molar-refractivity contribution < 1.29 is 0 Å². The Morgan fingerprint density at radius 2 is 1.92 bits per heavy atom. The number of rotatable bonds is 4. The quantitative estimate of drug-likeness (QED) is 0.564. The number of benzene rings is 1. The van der Waals surface area contributed by atoms with E-state index in [1.54, 1.807) is 0 Å². The molecule has 0 atom stereocenters. The number of pyridine rings is 1. The van der Waals surface area contributed by atoms with Crippen molar-refractivity contribution in [3.05, 3.63) is 71.8 Å². The van der Waals surface area contributed by atoms with E-state index < -0.39 is 0 Å². The maximum atomic E-state index is 7.70. The predicted octanol–water partition coefficient (Wildman–Crippen LogP) is 2.99. The Morgan fingerprint density at radius 1 is 1.12 bits per heavy atom. The molecule has 4 rings (SSSR count). The minimum absolute atomic E-state index is 0.672. The number of allylic oxidation sites excluding steroid dienone is 1. The number of hydrogen-bond donors (Lipinski definition) is 2. The zero-order chi connectivity index (χ0) is 17.4. The molecule has 0 saturated carbocycles. The van der Waals surface area contributed by atoms with Crippen LogP contribution >= 0.6 is 0 Å². The zero-order valence-corrected chi connectivity index (χ0v) is 13.8. The summed E-state index contributed by atoms with van der Waals surface area (Å²) in [4.78, 5) is 0. The minimum atomic E-state index is 0.672.